The zero-order chi connectivity index (χ0) is 13.8. The largest absolute Gasteiger partial charge is 0.330 e. The SMILES string of the molecule is CC(C)C(c1ccccc1)N1CC(CN)CCC1C. The van der Waals surface area contributed by atoms with Gasteiger partial charge in [0.15, 0.2) is 0 Å². The van der Waals surface area contributed by atoms with E-state index in [0.717, 1.165) is 13.1 Å². The number of benzene rings is 1. The fourth-order valence-corrected chi connectivity index (χ4v) is 3.40. The average molecular weight is 260 g/mol. The Bertz CT molecular complexity index is 374. The molecule has 19 heavy (non-hydrogen) atoms. The van der Waals surface area contributed by atoms with Crippen LogP contribution in [-0.2, 0) is 0 Å². The molecule has 2 heteroatoms. The number of rotatable bonds is 4. The van der Waals surface area contributed by atoms with Crippen molar-refractivity contribution in [3.05, 3.63) is 35.9 Å². The monoisotopic (exact) mass is 260 g/mol. The van der Waals surface area contributed by atoms with Crippen molar-refractivity contribution in [2.75, 3.05) is 13.1 Å². The molecule has 1 saturated heterocycles. The Hall–Kier alpha value is -0.860. The number of nitrogens with two attached hydrogens (primary N) is 1. The lowest BCUT2D eigenvalue weighted by atomic mass is 9.87. The highest BCUT2D eigenvalue weighted by atomic mass is 15.2. The number of hydrogen-bond donors (Lipinski definition) is 1. The molecule has 1 aliphatic heterocycles. The summed E-state index contributed by atoms with van der Waals surface area (Å²) in [6, 6.07) is 12.1. The first-order chi connectivity index (χ1) is 9.13. The fourth-order valence-electron chi connectivity index (χ4n) is 3.40. The maximum absolute atomic E-state index is 5.90. The summed E-state index contributed by atoms with van der Waals surface area (Å²) in [6.45, 7) is 9.00. The minimum Gasteiger partial charge on any atom is -0.330 e. The van der Waals surface area contributed by atoms with Crippen molar-refractivity contribution in [2.45, 2.75) is 45.7 Å². The van der Waals surface area contributed by atoms with E-state index in [1.54, 1.807) is 0 Å². The average Bonchev–Trinajstić information content (AvgIpc) is 2.42. The second-order valence-electron chi connectivity index (χ2n) is 6.32. The highest BCUT2D eigenvalue weighted by molar-refractivity contribution is 5.20. The highest BCUT2D eigenvalue weighted by Crippen LogP contribution is 2.35. The van der Waals surface area contributed by atoms with E-state index in [9.17, 15) is 0 Å². The first-order valence-corrected chi connectivity index (χ1v) is 7.64. The molecule has 3 unspecified atom stereocenters. The Morgan fingerprint density at radius 2 is 1.89 bits per heavy atom. The lowest BCUT2D eigenvalue weighted by molar-refractivity contribution is 0.0512. The second-order valence-corrected chi connectivity index (χ2v) is 6.32. The molecule has 1 aromatic carbocycles. The third-order valence-corrected chi connectivity index (χ3v) is 4.49. The Morgan fingerprint density at radius 3 is 2.47 bits per heavy atom. The molecule has 3 atom stereocenters. The lowest BCUT2D eigenvalue weighted by Crippen LogP contribution is -2.47. The van der Waals surface area contributed by atoms with Crippen LogP contribution in [0.15, 0.2) is 30.3 Å². The molecular weight excluding hydrogens is 232 g/mol. The first-order valence-electron chi connectivity index (χ1n) is 7.64. The smallest absolute Gasteiger partial charge is 0.0373 e. The second kappa shape index (κ2) is 6.53. The molecular formula is C17H28N2. The van der Waals surface area contributed by atoms with E-state index in [2.05, 4.69) is 56.0 Å². The van der Waals surface area contributed by atoms with Crippen LogP contribution in [0.2, 0.25) is 0 Å². The molecule has 1 aromatic rings. The van der Waals surface area contributed by atoms with Gasteiger partial charge in [-0.3, -0.25) is 4.90 Å². The summed E-state index contributed by atoms with van der Waals surface area (Å²) in [5, 5.41) is 0. The van der Waals surface area contributed by atoms with E-state index in [1.807, 2.05) is 0 Å². The molecule has 0 saturated carbocycles. The van der Waals surface area contributed by atoms with Crippen LogP contribution in [0.25, 0.3) is 0 Å². The highest BCUT2D eigenvalue weighted by Gasteiger charge is 2.32. The summed E-state index contributed by atoms with van der Waals surface area (Å²) in [6.07, 6.45) is 2.56. The Morgan fingerprint density at radius 1 is 1.21 bits per heavy atom. The zero-order valence-corrected chi connectivity index (χ0v) is 12.5. The molecule has 1 aliphatic rings. The number of likely N-dealkylation sites (tertiary alicyclic amines) is 1. The third kappa shape index (κ3) is 3.37. The third-order valence-electron chi connectivity index (χ3n) is 4.49. The summed E-state index contributed by atoms with van der Waals surface area (Å²) in [5.41, 5.74) is 7.35. The summed E-state index contributed by atoms with van der Waals surface area (Å²) >= 11 is 0. The molecule has 0 aromatic heterocycles. The maximum Gasteiger partial charge on any atom is 0.0373 e. The van der Waals surface area contributed by atoms with Gasteiger partial charge in [-0.05, 0) is 43.7 Å². The predicted molar refractivity (Wildman–Crippen MR) is 82.0 cm³/mol. The van der Waals surface area contributed by atoms with Crippen LogP contribution < -0.4 is 5.73 Å². The van der Waals surface area contributed by atoms with Gasteiger partial charge in [0.05, 0.1) is 0 Å². The van der Waals surface area contributed by atoms with Gasteiger partial charge in [-0.25, -0.2) is 0 Å². The quantitative estimate of drug-likeness (QED) is 0.898. The fraction of sp³-hybridized carbons (Fsp3) is 0.647. The number of nitrogens with zero attached hydrogens (tertiary/aromatic N) is 1. The molecule has 0 spiro atoms. The van der Waals surface area contributed by atoms with Crippen LogP contribution in [0.5, 0.6) is 0 Å². The van der Waals surface area contributed by atoms with Crippen molar-refractivity contribution >= 4 is 0 Å². The minimum atomic E-state index is 0.519. The van der Waals surface area contributed by atoms with Crippen LogP contribution in [0, 0.1) is 11.8 Å². The van der Waals surface area contributed by atoms with Gasteiger partial charge in [-0.15, -0.1) is 0 Å². The van der Waals surface area contributed by atoms with E-state index < -0.39 is 0 Å². The van der Waals surface area contributed by atoms with E-state index in [0.29, 0.717) is 23.9 Å². The first kappa shape index (κ1) is 14.5. The van der Waals surface area contributed by atoms with Crippen LogP contribution >= 0.6 is 0 Å². The zero-order valence-electron chi connectivity index (χ0n) is 12.5. The van der Waals surface area contributed by atoms with Crippen molar-refractivity contribution in [2.24, 2.45) is 17.6 Å². The van der Waals surface area contributed by atoms with Gasteiger partial charge in [-0.1, -0.05) is 44.2 Å². The maximum atomic E-state index is 5.90. The molecule has 2 N–H and O–H groups in total. The molecule has 1 fully saturated rings. The summed E-state index contributed by atoms with van der Waals surface area (Å²) in [7, 11) is 0. The molecule has 0 bridgehead atoms. The van der Waals surface area contributed by atoms with Gasteiger partial charge < -0.3 is 5.73 Å². The Labute approximate surface area is 118 Å². The van der Waals surface area contributed by atoms with E-state index in [1.165, 1.54) is 18.4 Å². The molecule has 0 radical (unpaired) electrons. The van der Waals surface area contributed by atoms with Crippen LogP contribution in [0.1, 0.15) is 45.2 Å². The van der Waals surface area contributed by atoms with Crippen molar-refractivity contribution in [3.63, 3.8) is 0 Å². The summed E-state index contributed by atoms with van der Waals surface area (Å²) in [4.78, 5) is 2.68. The Kier molecular flexibility index (Phi) is 5.00. The van der Waals surface area contributed by atoms with Crippen LogP contribution in [0.4, 0.5) is 0 Å². The minimum absolute atomic E-state index is 0.519. The van der Waals surface area contributed by atoms with Gasteiger partial charge in [-0.2, -0.15) is 0 Å². The molecule has 0 amide bonds. The van der Waals surface area contributed by atoms with Gasteiger partial charge in [0, 0.05) is 18.6 Å². The Balaban J connectivity index is 2.23. The van der Waals surface area contributed by atoms with Crippen molar-refractivity contribution in [3.8, 4) is 0 Å². The molecule has 2 rings (SSSR count). The van der Waals surface area contributed by atoms with Gasteiger partial charge in [0.25, 0.3) is 0 Å². The molecule has 1 heterocycles. The van der Waals surface area contributed by atoms with Crippen LogP contribution in [-0.4, -0.2) is 24.0 Å². The van der Waals surface area contributed by atoms with E-state index in [-0.39, 0.29) is 0 Å². The molecule has 106 valence electrons. The topological polar surface area (TPSA) is 29.3 Å². The van der Waals surface area contributed by atoms with Gasteiger partial charge in [0.1, 0.15) is 0 Å². The summed E-state index contributed by atoms with van der Waals surface area (Å²) < 4.78 is 0. The lowest BCUT2D eigenvalue weighted by Gasteiger charge is -2.44. The normalized spacial score (nSPS) is 26.6. The van der Waals surface area contributed by atoms with E-state index in [4.69, 9.17) is 5.73 Å². The van der Waals surface area contributed by atoms with Crippen molar-refractivity contribution in [1.82, 2.24) is 4.90 Å². The number of piperidine rings is 1. The van der Waals surface area contributed by atoms with Crippen LogP contribution in [0.3, 0.4) is 0 Å². The standard InChI is InChI=1S/C17H28N2/c1-13(2)17(16-7-5-4-6-8-16)19-12-15(11-18)10-9-14(19)3/h4-8,13-15,17H,9-12,18H2,1-3H3. The van der Waals surface area contributed by atoms with Crippen molar-refractivity contribution in [1.29, 1.82) is 0 Å². The van der Waals surface area contributed by atoms with E-state index >= 15 is 0 Å². The number of hydrogen-bond acceptors (Lipinski definition) is 2. The molecule has 0 aliphatic carbocycles. The van der Waals surface area contributed by atoms with Gasteiger partial charge >= 0.3 is 0 Å². The van der Waals surface area contributed by atoms with Gasteiger partial charge in [0.2, 0.25) is 0 Å². The predicted octanol–water partition coefficient (Wildman–Crippen LogP) is 3.44. The summed E-state index contributed by atoms with van der Waals surface area (Å²) in [5.74, 6) is 1.29. The van der Waals surface area contributed by atoms with Crippen molar-refractivity contribution < 1.29 is 0 Å². The molecule has 2 nitrogen and oxygen atoms in total.